The molecule has 0 aliphatic carbocycles. The van der Waals surface area contributed by atoms with Crippen LogP contribution in [0, 0.1) is 0 Å². The van der Waals surface area contributed by atoms with Crippen LogP contribution in [0.25, 0.3) is 0 Å². The third-order valence-corrected chi connectivity index (χ3v) is 2.33. The van der Waals surface area contributed by atoms with Crippen molar-refractivity contribution in [1.82, 2.24) is 9.97 Å². The molecule has 4 nitrogen and oxygen atoms in total. The van der Waals surface area contributed by atoms with Crippen molar-refractivity contribution >= 4 is 11.6 Å². The third-order valence-electron chi connectivity index (χ3n) is 2.04. The number of aromatic amines is 2. The highest BCUT2D eigenvalue weighted by molar-refractivity contribution is 6.30. The van der Waals surface area contributed by atoms with Crippen LogP contribution in [-0.4, -0.2) is 9.97 Å². The van der Waals surface area contributed by atoms with Gasteiger partial charge in [0.25, 0.3) is 5.56 Å². The molecular formula is C8H11ClN2O2. The number of hydrogen-bond acceptors (Lipinski definition) is 2. The summed E-state index contributed by atoms with van der Waals surface area (Å²) >= 11 is 5.73. The first-order valence-corrected chi connectivity index (χ1v) is 4.46. The number of nitrogens with one attached hydrogen (secondary N) is 2. The second kappa shape index (κ2) is 3.79. The molecule has 0 aliphatic rings. The minimum Gasteiger partial charge on any atom is -0.297 e. The maximum atomic E-state index is 11.3. The molecule has 2 N–H and O–H groups in total. The molecule has 0 amide bonds. The van der Waals surface area contributed by atoms with Crippen LogP contribution >= 0.6 is 11.6 Å². The lowest BCUT2D eigenvalue weighted by Crippen LogP contribution is -2.26. The minimum absolute atomic E-state index is 0.0492. The molecule has 0 aliphatic heterocycles. The number of H-pyrrole nitrogens is 2. The molecule has 0 radical (unpaired) electrons. The number of aromatic nitrogens is 2. The van der Waals surface area contributed by atoms with Crippen LogP contribution < -0.4 is 11.2 Å². The van der Waals surface area contributed by atoms with Gasteiger partial charge >= 0.3 is 5.69 Å². The summed E-state index contributed by atoms with van der Waals surface area (Å²) in [4.78, 5) is 26.6. The lowest BCUT2D eigenvalue weighted by atomic mass is 10.0. The summed E-state index contributed by atoms with van der Waals surface area (Å²) in [6.07, 6.45) is 0.800. The lowest BCUT2D eigenvalue weighted by Gasteiger charge is -2.07. The molecule has 0 spiro atoms. The van der Waals surface area contributed by atoms with E-state index < -0.39 is 11.2 Å². The molecule has 1 rings (SSSR count). The van der Waals surface area contributed by atoms with Crippen molar-refractivity contribution < 1.29 is 0 Å². The quantitative estimate of drug-likeness (QED) is 0.709. The van der Waals surface area contributed by atoms with Crippen molar-refractivity contribution in [3.05, 3.63) is 31.6 Å². The van der Waals surface area contributed by atoms with Gasteiger partial charge in [-0.25, -0.2) is 4.79 Å². The van der Waals surface area contributed by atoms with Crippen molar-refractivity contribution in [3.63, 3.8) is 0 Å². The molecule has 0 aromatic carbocycles. The van der Waals surface area contributed by atoms with Gasteiger partial charge in [0.05, 0.1) is 5.56 Å². The molecule has 0 saturated heterocycles. The first-order valence-electron chi connectivity index (χ1n) is 4.08. The highest BCUT2D eigenvalue weighted by Crippen LogP contribution is 2.19. The summed E-state index contributed by atoms with van der Waals surface area (Å²) in [5, 5.41) is 0.142. The van der Waals surface area contributed by atoms with Gasteiger partial charge in [-0.3, -0.25) is 14.8 Å². The van der Waals surface area contributed by atoms with E-state index in [9.17, 15) is 9.59 Å². The van der Waals surface area contributed by atoms with Crippen molar-refractivity contribution in [2.45, 2.75) is 26.2 Å². The lowest BCUT2D eigenvalue weighted by molar-refractivity contribution is 0.713. The summed E-state index contributed by atoms with van der Waals surface area (Å²) in [5.41, 5.74) is -0.520. The van der Waals surface area contributed by atoms with E-state index in [0.29, 0.717) is 5.56 Å². The SMILES string of the molecule is CCC(C)c1c(Cl)[nH]c(=O)[nH]c1=O. The van der Waals surface area contributed by atoms with Crippen LogP contribution in [0.3, 0.4) is 0 Å². The molecule has 0 fully saturated rings. The van der Waals surface area contributed by atoms with Gasteiger partial charge in [-0.15, -0.1) is 0 Å². The molecule has 1 aromatic rings. The number of rotatable bonds is 2. The predicted octanol–water partition coefficient (Wildman–Crippen LogP) is 1.23. The van der Waals surface area contributed by atoms with E-state index in [1.807, 2.05) is 13.8 Å². The zero-order chi connectivity index (χ0) is 10.0. The molecular weight excluding hydrogens is 192 g/mol. The highest BCUT2D eigenvalue weighted by atomic mass is 35.5. The Balaban J connectivity index is 3.37. The summed E-state index contributed by atoms with van der Waals surface area (Å²) in [7, 11) is 0. The van der Waals surface area contributed by atoms with Crippen LogP contribution in [0.1, 0.15) is 31.7 Å². The van der Waals surface area contributed by atoms with Crippen molar-refractivity contribution in [2.75, 3.05) is 0 Å². The Morgan fingerprint density at radius 3 is 2.46 bits per heavy atom. The average molecular weight is 203 g/mol. The Kier molecular flexibility index (Phi) is 2.93. The maximum absolute atomic E-state index is 11.3. The van der Waals surface area contributed by atoms with Crippen LogP contribution in [0.5, 0.6) is 0 Å². The van der Waals surface area contributed by atoms with Gasteiger partial charge in [0.15, 0.2) is 0 Å². The van der Waals surface area contributed by atoms with Gasteiger partial charge in [0, 0.05) is 0 Å². The van der Waals surface area contributed by atoms with Crippen LogP contribution in [0.2, 0.25) is 5.15 Å². The second-order valence-corrected chi connectivity index (χ2v) is 3.32. The fourth-order valence-corrected chi connectivity index (χ4v) is 1.47. The Bertz CT molecular complexity index is 407. The molecule has 1 unspecified atom stereocenters. The number of hydrogen-bond donors (Lipinski definition) is 2. The monoisotopic (exact) mass is 202 g/mol. The summed E-state index contributed by atoms with van der Waals surface area (Å²) in [5.74, 6) is 0.0492. The fraction of sp³-hybridized carbons (Fsp3) is 0.500. The van der Waals surface area contributed by atoms with Gasteiger partial charge < -0.3 is 0 Å². The largest absolute Gasteiger partial charge is 0.326 e. The molecule has 0 saturated carbocycles. The Hall–Kier alpha value is -1.03. The Morgan fingerprint density at radius 1 is 1.38 bits per heavy atom. The van der Waals surface area contributed by atoms with Crippen LogP contribution in [-0.2, 0) is 0 Å². The average Bonchev–Trinajstić information content (AvgIpc) is 2.02. The van der Waals surface area contributed by atoms with Gasteiger partial charge in [-0.1, -0.05) is 25.4 Å². The molecule has 1 atom stereocenters. The van der Waals surface area contributed by atoms with Gasteiger partial charge in [-0.2, -0.15) is 0 Å². The van der Waals surface area contributed by atoms with E-state index in [-0.39, 0.29) is 11.1 Å². The highest BCUT2D eigenvalue weighted by Gasteiger charge is 2.13. The van der Waals surface area contributed by atoms with E-state index in [1.165, 1.54) is 0 Å². The van der Waals surface area contributed by atoms with Crippen molar-refractivity contribution in [1.29, 1.82) is 0 Å². The van der Waals surface area contributed by atoms with Crippen molar-refractivity contribution in [2.24, 2.45) is 0 Å². The first-order chi connectivity index (χ1) is 6.06. The van der Waals surface area contributed by atoms with E-state index in [2.05, 4.69) is 9.97 Å². The molecule has 1 aromatic heterocycles. The predicted molar refractivity (Wildman–Crippen MR) is 51.4 cm³/mol. The molecule has 13 heavy (non-hydrogen) atoms. The smallest absolute Gasteiger partial charge is 0.297 e. The normalized spacial score (nSPS) is 12.8. The third kappa shape index (κ3) is 2.01. The van der Waals surface area contributed by atoms with E-state index in [1.54, 1.807) is 0 Å². The van der Waals surface area contributed by atoms with Crippen molar-refractivity contribution in [3.8, 4) is 0 Å². The Morgan fingerprint density at radius 2 is 2.00 bits per heavy atom. The Labute approximate surface area is 80.0 Å². The fourth-order valence-electron chi connectivity index (χ4n) is 1.11. The van der Waals surface area contributed by atoms with Crippen LogP contribution in [0.4, 0.5) is 0 Å². The second-order valence-electron chi connectivity index (χ2n) is 2.95. The van der Waals surface area contributed by atoms with E-state index >= 15 is 0 Å². The molecule has 5 heteroatoms. The molecule has 72 valence electrons. The molecule has 1 heterocycles. The summed E-state index contributed by atoms with van der Waals surface area (Å²) in [6, 6.07) is 0. The first kappa shape index (κ1) is 10.1. The van der Waals surface area contributed by atoms with Gasteiger partial charge in [0.2, 0.25) is 0 Å². The summed E-state index contributed by atoms with van der Waals surface area (Å²) in [6.45, 7) is 3.83. The van der Waals surface area contributed by atoms with Gasteiger partial charge in [0.1, 0.15) is 5.15 Å². The number of halogens is 1. The van der Waals surface area contributed by atoms with Gasteiger partial charge in [-0.05, 0) is 12.3 Å². The minimum atomic E-state index is -0.568. The van der Waals surface area contributed by atoms with E-state index in [4.69, 9.17) is 11.6 Å². The molecule has 0 bridgehead atoms. The van der Waals surface area contributed by atoms with Crippen LogP contribution in [0.15, 0.2) is 9.59 Å². The van der Waals surface area contributed by atoms with E-state index in [0.717, 1.165) is 6.42 Å². The topological polar surface area (TPSA) is 65.7 Å². The zero-order valence-electron chi connectivity index (χ0n) is 7.48. The summed E-state index contributed by atoms with van der Waals surface area (Å²) < 4.78 is 0. The standard InChI is InChI=1S/C8H11ClN2O2/c1-3-4(2)5-6(9)10-8(13)11-7(5)12/h4H,3H2,1-2H3,(H2,10,11,12,13). The zero-order valence-corrected chi connectivity index (χ0v) is 8.23. The maximum Gasteiger partial charge on any atom is 0.326 e.